The molecule has 2 N–H and O–H groups in total. The molecule has 2 bridgehead atoms. The first kappa shape index (κ1) is 21.2. The fourth-order valence-corrected chi connectivity index (χ4v) is 4.28. The molecule has 146 valence electrons. The summed E-state index contributed by atoms with van der Waals surface area (Å²) in [4.78, 5) is 7.40. The number of unbranched alkanes of at least 4 members (excludes halogenated alkanes) is 2. The number of likely N-dealkylation sites (tertiary alicyclic amines) is 1. The first-order valence-corrected chi connectivity index (χ1v) is 10.3. The van der Waals surface area contributed by atoms with Crippen molar-refractivity contribution in [3.8, 4) is 0 Å². The van der Waals surface area contributed by atoms with Crippen LogP contribution in [0.4, 0.5) is 0 Å². The van der Waals surface area contributed by atoms with E-state index in [2.05, 4.69) is 22.5 Å². The number of guanidine groups is 1. The van der Waals surface area contributed by atoms with Crippen molar-refractivity contribution in [2.24, 2.45) is 4.99 Å². The van der Waals surface area contributed by atoms with E-state index in [1.807, 2.05) is 0 Å². The van der Waals surface area contributed by atoms with Crippen LogP contribution < -0.4 is 10.6 Å². The summed E-state index contributed by atoms with van der Waals surface area (Å²) in [6.07, 6.45) is 12.5. The summed E-state index contributed by atoms with van der Waals surface area (Å²) in [6, 6.07) is 0.459. The molecule has 0 spiro atoms. The van der Waals surface area contributed by atoms with E-state index in [1.54, 1.807) is 0 Å². The second-order valence-electron chi connectivity index (χ2n) is 7.58. The molecule has 6 heteroatoms. The number of fused-ring (bicyclic) bond motifs is 2. The SMILES string of the molecule is CCNC(=NCCCCCN1CCCCC1)NC1CC2CCC1O2.I. The minimum atomic E-state index is 0. The molecule has 0 amide bonds. The number of nitrogens with zero attached hydrogens (tertiary/aromatic N) is 2. The summed E-state index contributed by atoms with van der Waals surface area (Å²) < 4.78 is 5.93. The predicted octanol–water partition coefficient (Wildman–Crippen LogP) is 3.14. The van der Waals surface area contributed by atoms with Gasteiger partial charge in [0, 0.05) is 13.1 Å². The zero-order valence-corrected chi connectivity index (χ0v) is 18.2. The fraction of sp³-hybridized carbons (Fsp3) is 0.947. The molecular weight excluding hydrogens is 427 g/mol. The molecule has 0 radical (unpaired) electrons. The van der Waals surface area contributed by atoms with Crippen LogP contribution in [0, 0.1) is 0 Å². The highest BCUT2D eigenvalue weighted by atomic mass is 127. The van der Waals surface area contributed by atoms with Crippen LogP contribution >= 0.6 is 24.0 Å². The van der Waals surface area contributed by atoms with Crippen molar-refractivity contribution in [3.63, 3.8) is 0 Å². The molecule has 0 aromatic heterocycles. The number of hydrogen-bond acceptors (Lipinski definition) is 3. The molecule has 3 atom stereocenters. The van der Waals surface area contributed by atoms with Crippen LogP contribution in [0.3, 0.4) is 0 Å². The van der Waals surface area contributed by atoms with Gasteiger partial charge < -0.3 is 20.3 Å². The van der Waals surface area contributed by atoms with Gasteiger partial charge in [-0.3, -0.25) is 4.99 Å². The van der Waals surface area contributed by atoms with E-state index in [9.17, 15) is 0 Å². The van der Waals surface area contributed by atoms with Gasteiger partial charge in [0.1, 0.15) is 0 Å². The maximum Gasteiger partial charge on any atom is 0.191 e. The molecule has 3 aliphatic rings. The molecule has 0 aromatic rings. The molecule has 3 rings (SSSR count). The number of halogens is 1. The normalized spacial score (nSPS) is 29.5. The maximum atomic E-state index is 5.93. The standard InChI is InChI=1S/C19H36N4O.HI/c1-2-20-19(22-17-15-16-9-10-18(17)24-16)21-11-5-3-6-12-23-13-7-4-8-14-23;/h16-18H,2-15H2,1H3,(H2,20,21,22);1H. The Morgan fingerprint density at radius 1 is 1.12 bits per heavy atom. The van der Waals surface area contributed by atoms with Gasteiger partial charge in [-0.2, -0.15) is 0 Å². The number of rotatable bonds is 8. The monoisotopic (exact) mass is 464 g/mol. The van der Waals surface area contributed by atoms with Gasteiger partial charge in [-0.05, 0) is 71.5 Å². The Morgan fingerprint density at radius 3 is 2.64 bits per heavy atom. The minimum absolute atomic E-state index is 0. The highest BCUT2D eigenvalue weighted by Crippen LogP contribution is 2.34. The molecule has 3 unspecified atom stereocenters. The van der Waals surface area contributed by atoms with Gasteiger partial charge in [0.25, 0.3) is 0 Å². The third kappa shape index (κ3) is 6.86. The van der Waals surface area contributed by atoms with Crippen molar-refractivity contribution in [2.45, 2.75) is 83.0 Å². The van der Waals surface area contributed by atoms with Crippen LogP contribution in [0.15, 0.2) is 4.99 Å². The summed E-state index contributed by atoms with van der Waals surface area (Å²) in [6.45, 7) is 7.90. The molecule has 5 nitrogen and oxygen atoms in total. The highest BCUT2D eigenvalue weighted by molar-refractivity contribution is 14.0. The van der Waals surface area contributed by atoms with Crippen LogP contribution in [-0.4, -0.2) is 61.8 Å². The zero-order chi connectivity index (χ0) is 16.6. The molecular formula is C19H37IN4O. The van der Waals surface area contributed by atoms with Crippen LogP contribution in [0.25, 0.3) is 0 Å². The first-order valence-electron chi connectivity index (χ1n) is 10.3. The van der Waals surface area contributed by atoms with Crippen molar-refractivity contribution < 1.29 is 4.74 Å². The average Bonchev–Trinajstić information content (AvgIpc) is 3.22. The van der Waals surface area contributed by atoms with E-state index in [1.165, 1.54) is 71.0 Å². The summed E-state index contributed by atoms with van der Waals surface area (Å²) >= 11 is 0. The number of piperidine rings is 1. The van der Waals surface area contributed by atoms with E-state index in [-0.39, 0.29) is 24.0 Å². The van der Waals surface area contributed by atoms with Crippen LogP contribution in [0.2, 0.25) is 0 Å². The number of hydrogen-bond donors (Lipinski definition) is 2. The smallest absolute Gasteiger partial charge is 0.191 e. The van der Waals surface area contributed by atoms with Crippen LogP contribution in [0.1, 0.15) is 64.7 Å². The molecule has 0 aliphatic carbocycles. The zero-order valence-electron chi connectivity index (χ0n) is 15.8. The summed E-state index contributed by atoms with van der Waals surface area (Å²) in [5, 5.41) is 6.98. The summed E-state index contributed by atoms with van der Waals surface area (Å²) in [7, 11) is 0. The third-order valence-corrected chi connectivity index (χ3v) is 5.62. The second-order valence-corrected chi connectivity index (χ2v) is 7.58. The molecule has 3 saturated heterocycles. The lowest BCUT2D eigenvalue weighted by molar-refractivity contribution is 0.0992. The quantitative estimate of drug-likeness (QED) is 0.251. The lowest BCUT2D eigenvalue weighted by Gasteiger charge is -2.26. The number of ether oxygens (including phenoxy) is 1. The molecule has 3 heterocycles. The van der Waals surface area contributed by atoms with Gasteiger partial charge in [0.05, 0.1) is 18.2 Å². The van der Waals surface area contributed by atoms with Gasteiger partial charge in [0.2, 0.25) is 0 Å². The van der Waals surface area contributed by atoms with Gasteiger partial charge in [-0.25, -0.2) is 0 Å². The number of nitrogens with one attached hydrogen (secondary N) is 2. The molecule has 25 heavy (non-hydrogen) atoms. The predicted molar refractivity (Wildman–Crippen MR) is 115 cm³/mol. The van der Waals surface area contributed by atoms with E-state index >= 15 is 0 Å². The van der Waals surface area contributed by atoms with Gasteiger partial charge in [-0.1, -0.05) is 12.8 Å². The highest BCUT2D eigenvalue weighted by Gasteiger charge is 2.41. The Balaban J connectivity index is 0.00000225. The van der Waals surface area contributed by atoms with Gasteiger partial charge >= 0.3 is 0 Å². The lowest BCUT2D eigenvalue weighted by atomic mass is 9.96. The minimum Gasteiger partial charge on any atom is -0.373 e. The Morgan fingerprint density at radius 2 is 1.96 bits per heavy atom. The number of aliphatic imine (C=N–C) groups is 1. The van der Waals surface area contributed by atoms with Gasteiger partial charge in [-0.15, -0.1) is 24.0 Å². The first-order chi connectivity index (χ1) is 11.8. The van der Waals surface area contributed by atoms with E-state index in [0.29, 0.717) is 18.2 Å². The van der Waals surface area contributed by atoms with E-state index in [4.69, 9.17) is 9.73 Å². The molecule has 3 aliphatic heterocycles. The third-order valence-electron chi connectivity index (χ3n) is 5.62. The topological polar surface area (TPSA) is 48.9 Å². The van der Waals surface area contributed by atoms with Crippen LogP contribution in [0.5, 0.6) is 0 Å². The lowest BCUT2D eigenvalue weighted by Crippen LogP contribution is -2.47. The maximum absolute atomic E-state index is 5.93. The van der Waals surface area contributed by atoms with Crippen molar-refractivity contribution in [1.29, 1.82) is 0 Å². The largest absolute Gasteiger partial charge is 0.373 e. The van der Waals surface area contributed by atoms with Crippen LogP contribution in [-0.2, 0) is 4.74 Å². The Labute approximate surface area is 170 Å². The second kappa shape index (κ2) is 11.6. The Bertz CT molecular complexity index is 401. The van der Waals surface area contributed by atoms with E-state index < -0.39 is 0 Å². The van der Waals surface area contributed by atoms with Crippen molar-refractivity contribution in [2.75, 3.05) is 32.7 Å². The molecule has 0 aromatic carbocycles. The molecule has 3 fully saturated rings. The Hall–Kier alpha value is -0.0800. The summed E-state index contributed by atoms with van der Waals surface area (Å²) in [5.74, 6) is 0.981. The summed E-state index contributed by atoms with van der Waals surface area (Å²) in [5.41, 5.74) is 0. The molecule has 0 saturated carbocycles. The van der Waals surface area contributed by atoms with E-state index in [0.717, 1.165) is 25.5 Å². The van der Waals surface area contributed by atoms with Crippen molar-refractivity contribution in [1.82, 2.24) is 15.5 Å². The average molecular weight is 464 g/mol. The van der Waals surface area contributed by atoms with Crippen molar-refractivity contribution >= 4 is 29.9 Å². The van der Waals surface area contributed by atoms with Gasteiger partial charge in [0.15, 0.2) is 5.96 Å². The van der Waals surface area contributed by atoms with Crippen molar-refractivity contribution in [3.05, 3.63) is 0 Å². The Kier molecular flexibility index (Phi) is 9.84. The fourth-order valence-electron chi connectivity index (χ4n) is 4.28.